The highest BCUT2D eigenvalue weighted by Gasteiger charge is 2.33. The van der Waals surface area contributed by atoms with E-state index in [0.717, 1.165) is 35.5 Å². The average molecular weight is 397 g/mol. The summed E-state index contributed by atoms with van der Waals surface area (Å²) in [6, 6.07) is 8.10. The van der Waals surface area contributed by atoms with Gasteiger partial charge in [-0.2, -0.15) is 0 Å². The molecule has 1 fully saturated rings. The summed E-state index contributed by atoms with van der Waals surface area (Å²) >= 11 is 0. The molecular weight excluding hydrogens is 370 g/mol. The van der Waals surface area contributed by atoms with Crippen LogP contribution in [0.2, 0.25) is 0 Å². The molecule has 7 heteroatoms. The predicted octanol–water partition coefficient (Wildman–Crippen LogP) is 2.87. The molecule has 1 aromatic heterocycles. The molecule has 3 heterocycles. The topological polar surface area (TPSA) is 73.8 Å². The summed E-state index contributed by atoms with van der Waals surface area (Å²) in [6.45, 7) is 9.04. The van der Waals surface area contributed by atoms with Crippen molar-refractivity contribution in [1.29, 1.82) is 0 Å². The minimum atomic E-state index is -0.248. The second-order valence-corrected chi connectivity index (χ2v) is 8.37. The number of aromatic nitrogens is 2. The third-order valence-electron chi connectivity index (χ3n) is 5.14. The van der Waals surface area contributed by atoms with Gasteiger partial charge in [0.1, 0.15) is 11.7 Å². The van der Waals surface area contributed by atoms with Crippen LogP contribution in [0, 0.1) is 13.8 Å². The lowest BCUT2D eigenvalue weighted by Gasteiger charge is -2.19. The molecule has 2 aliphatic rings. The van der Waals surface area contributed by atoms with Crippen molar-refractivity contribution in [1.82, 2.24) is 14.9 Å². The average Bonchev–Trinajstić information content (AvgIpc) is 3.21. The molecule has 1 unspecified atom stereocenters. The van der Waals surface area contributed by atoms with Crippen molar-refractivity contribution < 1.29 is 19.0 Å². The maximum Gasteiger partial charge on any atom is 0.317 e. The second kappa shape index (κ2) is 7.54. The first-order chi connectivity index (χ1) is 13.8. The molecule has 0 spiro atoms. The van der Waals surface area contributed by atoms with Crippen LogP contribution in [-0.2, 0) is 11.2 Å². The maximum atomic E-state index is 12.6. The largest absolute Gasteiger partial charge is 0.483 e. The van der Waals surface area contributed by atoms with Gasteiger partial charge in [0, 0.05) is 36.3 Å². The van der Waals surface area contributed by atoms with Crippen molar-refractivity contribution in [2.45, 2.75) is 52.2 Å². The van der Waals surface area contributed by atoms with E-state index >= 15 is 0 Å². The van der Waals surface area contributed by atoms with E-state index in [1.54, 1.807) is 4.90 Å². The van der Waals surface area contributed by atoms with Gasteiger partial charge >= 0.3 is 6.01 Å². The molecule has 2 aromatic rings. The van der Waals surface area contributed by atoms with Gasteiger partial charge in [0.05, 0.1) is 6.54 Å². The van der Waals surface area contributed by atoms with E-state index in [1.807, 2.05) is 52.0 Å². The number of para-hydroxylation sites is 1. The number of fused-ring (bicyclic) bond motifs is 1. The molecule has 4 rings (SSSR count). The van der Waals surface area contributed by atoms with Gasteiger partial charge in [-0.1, -0.05) is 12.1 Å². The highest BCUT2D eigenvalue weighted by atomic mass is 16.5. The molecule has 1 atom stereocenters. The first-order valence-corrected chi connectivity index (χ1v) is 9.99. The smallest absolute Gasteiger partial charge is 0.317 e. The summed E-state index contributed by atoms with van der Waals surface area (Å²) in [5.41, 5.74) is 2.60. The van der Waals surface area contributed by atoms with Gasteiger partial charge in [-0.15, -0.1) is 0 Å². The molecule has 1 aromatic carbocycles. The van der Waals surface area contributed by atoms with E-state index < -0.39 is 0 Å². The Morgan fingerprint density at radius 2 is 2.03 bits per heavy atom. The third kappa shape index (κ3) is 4.44. The number of aryl methyl sites for hydroxylation is 2. The maximum absolute atomic E-state index is 12.6. The van der Waals surface area contributed by atoms with Crippen LogP contribution in [0.5, 0.6) is 17.5 Å². The van der Waals surface area contributed by atoms with Crippen molar-refractivity contribution >= 4 is 5.91 Å². The Bertz CT molecular complexity index is 908. The Balaban J connectivity index is 1.32. The molecule has 0 bridgehead atoms. The molecule has 0 radical (unpaired) electrons. The third-order valence-corrected chi connectivity index (χ3v) is 5.14. The fraction of sp³-hybridized carbons (Fsp3) is 0.500. The van der Waals surface area contributed by atoms with Gasteiger partial charge < -0.3 is 19.1 Å². The lowest BCUT2D eigenvalue weighted by atomic mass is 10.0. The fourth-order valence-electron chi connectivity index (χ4n) is 3.88. The van der Waals surface area contributed by atoms with Crippen LogP contribution in [0.4, 0.5) is 0 Å². The van der Waals surface area contributed by atoms with Crippen LogP contribution in [0.1, 0.15) is 37.2 Å². The van der Waals surface area contributed by atoms with Crippen molar-refractivity contribution in [2.24, 2.45) is 0 Å². The minimum Gasteiger partial charge on any atom is -0.483 e. The van der Waals surface area contributed by atoms with Crippen molar-refractivity contribution in [2.75, 3.05) is 19.7 Å². The minimum absolute atomic E-state index is 0.0208. The molecule has 0 N–H and O–H groups in total. The Labute approximate surface area is 171 Å². The molecular formula is C22H27N3O4. The predicted molar refractivity (Wildman–Crippen MR) is 107 cm³/mol. The number of amides is 1. The van der Waals surface area contributed by atoms with Gasteiger partial charge in [-0.05, 0) is 39.8 Å². The van der Waals surface area contributed by atoms with Crippen molar-refractivity contribution in [3.05, 3.63) is 41.2 Å². The van der Waals surface area contributed by atoms with Crippen LogP contribution in [0.25, 0.3) is 0 Å². The van der Waals surface area contributed by atoms with Crippen molar-refractivity contribution in [3.8, 4) is 17.5 Å². The van der Waals surface area contributed by atoms with E-state index in [0.29, 0.717) is 24.8 Å². The molecule has 1 saturated heterocycles. The van der Waals surface area contributed by atoms with Gasteiger partial charge in [0.15, 0.2) is 18.1 Å². The molecule has 7 nitrogen and oxygen atoms in total. The van der Waals surface area contributed by atoms with Gasteiger partial charge in [-0.25, -0.2) is 9.97 Å². The Morgan fingerprint density at radius 3 is 2.79 bits per heavy atom. The fourth-order valence-corrected chi connectivity index (χ4v) is 3.88. The molecule has 0 aliphatic carbocycles. The van der Waals surface area contributed by atoms with Gasteiger partial charge in [0.25, 0.3) is 5.91 Å². The summed E-state index contributed by atoms with van der Waals surface area (Å²) in [6.07, 6.45) is 1.48. The van der Waals surface area contributed by atoms with E-state index in [-0.39, 0.29) is 24.2 Å². The number of nitrogens with zero attached hydrogens (tertiary/aromatic N) is 3. The van der Waals surface area contributed by atoms with E-state index in [9.17, 15) is 4.79 Å². The number of rotatable bonds is 5. The van der Waals surface area contributed by atoms with Crippen molar-refractivity contribution in [3.63, 3.8) is 0 Å². The number of benzene rings is 1. The first-order valence-electron chi connectivity index (χ1n) is 9.99. The molecule has 1 amide bonds. The number of ether oxygens (including phenoxy) is 3. The highest BCUT2D eigenvalue weighted by molar-refractivity contribution is 5.78. The van der Waals surface area contributed by atoms with Crippen LogP contribution in [-0.4, -0.2) is 52.2 Å². The van der Waals surface area contributed by atoms with E-state index in [1.165, 1.54) is 0 Å². The zero-order valence-electron chi connectivity index (χ0n) is 17.4. The van der Waals surface area contributed by atoms with Gasteiger partial charge in [0.2, 0.25) is 0 Å². The molecule has 29 heavy (non-hydrogen) atoms. The highest BCUT2D eigenvalue weighted by Crippen LogP contribution is 2.41. The SMILES string of the molecule is Cc1cc(C)nc(OC2CCN(C(=O)COc3cccc4c3OC(C)(C)C4)C2)n1. The summed E-state index contributed by atoms with van der Waals surface area (Å²) in [5, 5.41) is 0. The van der Waals surface area contributed by atoms with Crippen LogP contribution in [0.3, 0.4) is 0 Å². The number of carbonyl (C=O) groups is 1. The zero-order valence-corrected chi connectivity index (χ0v) is 17.4. The molecule has 0 saturated carbocycles. The lowest BCUT2D eigenvalue weighted by Crippen LogP contribution is -2.34. The van der Waals surface area contributed by atoms with Crippen LogP contribution in [0.15, 0.2) is 24.3 Å². The normalized spacial score (nSPS) is 19.6. The summed E-state index contributed by atoms with van der Waals surface area (Å²) < 4.78 is 17.7. The van der Waals surface area contributed by atoms with Gasteiger partial charge in [-0.3, -0.25) is 4.79 Å². The first kappa shape index (κ1) is 19.5. The Hall–Kier alpha value is -2.83. The van der Waals surface area contributed by atoms with Crippen LogP contribution < -0.4 is 14.2 Å². The summed E-state index contributed by atoms with van der Waals surface area (Å²) in [5.74, 6) is 1.31. The number of hydrogen-bond acceptors (Lipinski definition) is 6. The zero-order chi connectivity index (χ0) is 20.6. The van der Waals surface area contributed by atoms with E-state index in [2.05, 4.69) is 9.97 Å². The second-order valence-electron chi connectivity index (χ2n) is 8.37. The number of hydrogen-bond donors (Lipinski definition) is 0. The Kier molecular flexibility index (Phi) is 5.06. The number of carbonyl (C=O) groups excluding carboxylic acids is 1. The monoisotopic (exact) mass is 397 g/mol. The molecule has 154 valence electrons. The molecule has 2 aliphatic heterocycles. The quantitative estimate of drug-likeness (QED) is 0.772. The Morgan fingerprint density at radius 1 is 1.28 bits per heavy atom. The standard InChI is InChI=1S/C22H27N3O4/c1-14-10-15(2)24-21(23-14)28-17-8-9-25(12-17)19(26)13-27-18-7-5-6-16-11-22(3,4)29-20(16)18/h5-7,10,17H,8-9,11-13H2,1-4H3. The lowest BCUT2D eigenvalue weighted by molar-refractivity contribution is -0.132. The number of likely N-dealkylation sites (tertiary alicyclic amines) is 1. The van der Waals surface area contributed by atoms with Crippen LogP contribution >= 0.6 is 0 Å². The summed E-state index contributed by atoms with van der Waals surface area (Å²) in [7, 11) is 0. The summed E-state index contributed by atoms with van der Waals surface area (Å²) in [4.78, 5) is 23.0. The van der Waals surface area contributed by atoms with E-state index in [4.69, 9.17) is 14.2 Å².